The number of aromatic nitrogens is 1. The van der Waals surface area contributed by atoms with E-state index < -0.39 is 0 Å². The summed E-state index contributed by atoms with van der Waals surface area (Å²) in [6, 6.07) is 8.39. The summed E-state index contributed by atoms with van der Waals surface area (Å²) in [5.74, 6) is -0.392. The van der Waals surface area contributed by atoms with E-state index in [9.17, 15) is 4.79 Å². The molecule has 0 saturated heterocycles. The van der Waals surface area contributed by atoms with Gasteiger partial charge in [0.2, 0.25) is 5.91 Å². The highest BCUT2D eigenvalue weighted by atomic mass is 16.1. The lowest BCUT2D eigenvalue weighted by Gasteiger charge is -2.12. The first kappa shape index (κ1) is 11.7. The number of aryl methyl sites for hydroxylation is 1. The Balaban J connectivity index is 2.44. The lowest BCUT2D eigenvalue weighted by Crippen LogP contribution is -2.24. The molecule has 2 N–H and O–H groups in total. The van der Waals surface area contributed by atoms with Crippen LogP contribution in [0.25, 0.3) is 10.9 Å². The highest BCUT2D eigenvalue weighted by molar-refractivity contribution is 5.84. The molecule has 1 aromatic heterocycles. The number of para-hydroxylation sites is 1. The Labute approximate surface area is 101 Å². The van der Waals surface area contributed by atoms with Crippen molar-refractivity contribution in [1.29, 1.82) is 0 Å². The second-order valence-electron chi connectivity index (χ2n) is 4.48. The molecule has 0 aliphatic carbocycles. The van der Waals surface area contributed by atoms with Crippen molar-refractivity contribution < 1.29 is 4.79 Å². The largest absolute Gasteiger partial charge is 0.369 e. The first-order chi connectivity index (χ1) is 8.13. The molecule has 17 heavy (non-hydrogen) atoms. The molecule has 0 radical (unpaired) electrons. The third kappa shape index (κ3) is 2.18. The minimum Gasteiger partial charge on any atom is -0.369 e. The Kier molecular flexibility index (Phi) is 3.18. The third-order valence-electron chi connectivity index (χ3n) is 3.21. The maximum atomic E-state index is 11.1. The first-order valence-corrected chi connectivity index (χ1v) is 5.99. The molecule has 3 heteroatoms. The van der Waals surface area contributed by atoms with Crippen molar-refractivity contribution in [2.24, 2.45) is 11.7 Å². The predicted molar refractivity (Wildman–Crippen MR) is 69.7 cm³/mol. The van der Waals surface area contributed by atoms with E-state index in [0.717, 1.165) is 6.42 Å². The fourth-order valence-corrected chi connectivity index (χ4v) is 2.16. The van der Waals surface area contributed by atoms with Crippen LogP contribution in [0.1, 0.15) is 19.4 Å². The Morgan fingerprint density at radius 2 is 2.18 bits per heavy atom. The topological polar surface area (TPSA) is 48.0 Å². The van der Waals surface area contributed by atoms with E-state index in [1.165, 1.54) is 16.5 Å². The van der Waals surface area contributed by atoms with Gasteiger partial charge in [0.05, 0.1) is 11.4 Å². The minimum absolute atomic E-state index is 0.143. The zero-order valence-electron chi connectivity index (χ0n) is 10.3. The quantitative estimate of drug-likeness (QED) is 0.861. The molecule has 0 spiro atoms. The van der Waals surface area contributed by atoms with Crippen molar-refractivity contribution in [2.75, 3.05) is 0 Å². The maximum absolute atomic E-state index is 11.1. The monoisotopic (exact) mass is 230 g/mol. The van der Waals surface area contributed by atoms with Gasteiger partial charge in [-0.1, -0.05) is 32.0 Å². The smallest absolute Gasteiger partial charge is 0.222 e. The van der Waals surface area contributed by atoms with Crippen LogP contribution in [-0.2, 0) is 17.8 Å². The van der Waals surface area contributed by atoms with Gasteiger partial charge in [0.1, 0.15) is 0 Å². The van der Waals surface area contributed by atoms with Crippen LogP contribution in [0.2, 0.25) is 0 Å². The van der Waals surface area contributed by atoms with Crippen LogP contribution in [0.4, 0.5) is 0 Å². The van der Waals surface area contributed by atoms with E-state index in [-0.39, 0.29) is 11.8 Å². The van der Waals surface area contributed by atoms with Gasteiger partial charge >= 0.3 is 0 Å². The molecular formula is C14H18N2O. The Bertz CT molecular complexity index is 542. The van der Waals surface area contributed by atoms with Crippen LogP contribution in [0.15, 0.2) is 30.5 Å². The van der Waals surface area contributed by atoms with Crippen LogP contribution in [0, 0.1) is 5.92 Å². The second kappa shape index (κ2) is 4.62. The predicted octanol–water partition coefficient (Wildman–Crippen LogP) is 2.33. The number of carbonyl (C=O) groups excluding carboxylic acids is 1. The van der Waals surface area contributed by atoms with Gasteiger partial charge in [-0.15, -0.1) is 0 Å². The van der Waals surface area contributed by atoms with Crippen molar-refractivity contribution >= 4 is 16.8 Å². The summed E-state index contributed by atoms with van der Waals surface area (Å²) in [5.41, 5.74) is 7.85. The first-order valence-electron chi connectivity index (χ1n) is 5.99. The average molecular weight is 230 g/mol. The minimum atomic E-state index is -0.249. The Morgan fingerprint density at radius 1 is 1.41 bits per heavy atom. The third-order valence-corrected chi connectivity index (χ3v) is 3.21. The molecule has 2 rings (SSSR count). The molecule has 1 unspecified atom stereocenters. The van der Waals surface area contributed by atoms with Gasteiger partial charge in [0, 0.05) is 12.7 Å². The summed E-state index contributed by atoms with van der Waals surface area (Å²) < 4.78 is 2.13. The zero-order valence-corrected chi connectivity index (χ0v) is 10.3. The van der Waals surface area contributed by atoms with Gasteiger partial charge in [-0.05, 0) is 23.4 Å². The summed E-state index contributed by atoms with van der Waals surface area (Å²) in [5, 5.41) is 1.22. The molecule has 1 heterocycles. The normalized spacial score (nSPS) is 12.8. The van der Waals surface area contributed by atoms with Crippen LogP contribution in [0.3, 0.4) is 0 Å². The van der Waals surface area contributed by atoms with Gasteiger partial charge in [0.25, 0.3) is 0 Å². The second-order valence-corrected chi connectivity index (χ2v) is 4.48. The number of amides is 1. The van der Waals surface area contributed by atoms with Crippen molar-refractivity contribution in [3.05, 3.63) is 36.0 Å². The molecule has 0 aliphatic rings. The van der Waals surface area contributed by atoms with E-state index in [1.54, 1.807) is 0 Å². The standard InChI is InChI=1S/C14H18N2O/c1-3-11-5-4-6-12-7-8-16(13(11)12)9-10(2)14(15)17/h4-8,10H,3,9H2,1-2H3,(H2,15,17). The van der Waals surface area contributed by atoms with Crippen molar-refractivity contribution in [3.63, 3.8) is 0 Å². The molecule has 90 valence electrons. The number of benzene rings is 1. The van der Waals surface area contributed by atoms with Crippen molar-refractivity contribution in [1.82, 2.24) is 4.57 Å². The molecular weight excluding hydrogens is 212 g/mol. The Hall–Kier alpha value is -1.77. The molecule has 1 atom stereocenters. The summed E-state index contributed by atoms with van der Waals surface area (Å²) in [7, 11) is 0. The van der Waals surface area contributed by atoms with Crippen molar-refractivity contribution in [3.8, 4) is 0 Å². The summed E-state index contributed by atoms with van der Waals surface area (Å²) in [4.78, 5) is 11.1. The number of hydrogen-bond donors (Lipinski definition) is 1. The highest BCUT2D eigenvalue weighted by Crippen LogP contribution is 2.21. The molecule has 2 aromatic rings. The maximum Gasteiger partial charge on any atom is 0.222 e. The van der Waals surface area contributed by atoms with Gasteiger partial charge < -0.3 is 10.3 Å². The molecule has 0 bridgehead atoms. The number of nitrogens with two attached hydrogens (primary N) is 1. The van der Waals surface area contributed by atoms with Gasteiger partial charge in [-0.3, -0.25) is 4.79 Å². The van der Waals surface area contributed by atoms with E-state index >= 15 is 0 Å². The van der Waals surface area contributed by atoms with Crippen molar-refractivity contribution in [2.45, 2.75) is 26.8 Å². The number of carbonyl (C=O) groups is 1. The van der Waals surface area contributed by atoms with Gasteiger partial charge in [-0.25, -0.2) is 0 Å². The highest BCUT2D eigenvalue weighted by Gasteiger charge is 2.12. The van der Waals surface area contributed by atoms with E-state index in [4.69, 9.17) is 5.73 Å². The molecule has 0 fully saturated rings. The van der Waals surface area contributed by atoms with E-state index in [0.29, 0.717) is 6.54 Å². The summed E-state index contributed by atoms with van der Waals surface area (Å²) in [6.07, 6.45) is 3.02. The number of primary amides is 1. The van der Waals surface area contributed by atoms with E-state index in [1.807, 2.05) is 13.1 Å². The number of nitrogens with zero attached hydrogens (tertiary/aromatic N) is 1. The summed E-state index contributed by atoms with van der Waals surface area (Å²) in [6.45, 7) is 4.65. The molecule has 1 amide bonds. The Morgan fingerprint density at radius 3 is 2.82 bits per heavy atom. The molecule has 0 saturated carbocycles. The molecule has 1 aromatic carbocycles. The molecule has 0 aliphatic heterocycles. The van der Waals surface area contributed by atoms with Crippen LogP contribution in [0.5, 0.6) is 0 Å². The van der Waals surface area contributed by atoms with Gasteiger partial charge in [-0.2, -0.15) is 0 Å². The van der Waals surface area contributed by atoms with Crippen LogP contribution in [-0.4, -0.2) is 10.5 Å². The lowest BCUT2D eigenvalue weighted by molar-refractivity contribution is -0.121. The fourth-order valence-electron chi connectivity index (χ4n) is 2.16. The summed E-state index contributed by atoms with van der Waals surface area (Å²) >= 11 is 0. The molecule has 3 nitrogen and oxygen atoms in total. The van der Waals surface area contributed by atoms with Crippen LogP contribution >= 0.6 is 0 Å². The lowest BCUT2D eigenvalue weighted by atomic mass is 10.1. The number of hydrogen-bond acceptors (Lipinski definition) is 1. The SMILES string of the molecule is CCc1cccc2ccn(CC(C)C(N)=O)c12. The van der Waals surface area contributed by atoms with E-state index in [2.05, 4.69) is 35.8 Å². The fraction of sp³-hybridized carbons (Fsp3) is 0.357. The van der Waals surface area contributed by atoms with Crippen LogP contribution < -0.4 is 5.73 Å². The zero-order chi connectivity index (χ0) is 12.4. The number of fused-ring (bicyclic) bond motifs is 1. The van der Waals surface area contributed by atoms with Gasteiger partial charge in [0.15, 0.2) is 0 Å². The average Bonchev–Trinajstić information content (AvgIpc) is 2.72. The number of rotatable bonds is 4.